The second-order valence-electron chi connectivity index (χ2n) is 11.8. The van der Waals surface area contributed by atoms with Crippen molar-refractivity contribution in [3.63, 3.8) is 0 Å². The third-order valence-electron chi connectivity index (χ3n) is 7.40. The van der Waals surface area contributed by atoms with Crippen LogP contribution in [0.2, 0.25) is 0 Å². The van der Waals surface area contributed by atoms with Gasteiger partial charge in [-0.05, 0) is 37.3 Å². The van der Waals surface area contributed by atoms with Gasteiger partial charge < -0.3 is 20.8 Å². The van der Waals surface area contributed by atoms with Crippen molar-refractivity contribution in [2.45, 2.75) is 58.3 Å². The van der Waals surface area contributed by atoms with Gasteiger partial charge in [0.25, 0.3) is 0 Å². The average Bonchev–Trinajstić information content (AvgIpc) is 3.61. The molecule has 1 aromatic carbocycles. The minimum absolute atomic E-state index is 0.0371. The van der Waals surface area contributed by atoms with Crippen molar-refractivity contribution in [2.24, 2.45) is 5.41 Å². The van der Waals surface area contributed by atoms with E-state index in [1.807, 2.05) is 0 Å². The molecule has 1 fully saturated rings. The third-order valence-corrected chi connectivity index (χ3v) is 7.40. The number of nitriles is 1. The minimum Gasteiger partial charge on any atom is -0.494 e. The van der Waals surface area contributed by atoms with Crippen molar-refractivity contribution in [1.82, 2.24) is 25.9 Å². The molecular formula is C29H32F4N8O. The molecular weight excluding hydrogens is 552 g/mol. The molecule has 3 heterocycles. The van der Waals surface area contributed by atoms with E-state index >= 15 is 0 Å². The molecule has 9 nitrogen and oxygen atoms in total. The number of hydrazine groups is 2. The predicted octanol–water partition coefficient (Wildman–Crippen LogP) is 5.83. The maximum atomic E-state index is 14.0. The molecule has 1 aliphatic carbocycles. The Morgan fingerprint density at radius 1 is 1.21 bits per heavy atom. The van der Waals surface area contributed by atoms with Crippen LogP contribution in [0.15, 0.2) is 42.4 Å². The third kappa shape index (κ3) is 5.46. The number of rotatable bonds is 8. The smallest absolute Gasteiger partial charge is 0.413 e. The lowest BCUT2D eigenvalue weighted by molar-refractivity contribution is -0.195. The fourth-order valence-electron chi connectivity index (χ4n) is 4.96. The molecule has 1 atom stereocenters. The van der Waals surface area contributed by atoms with Crippen LogP contribution in [0, 0.1) is 29.6 Å². The lowest BCUT2D eigenvalue weighted by atomic mass is 9.96. The summed E-state index contributed by atoms with van der Waals surface area (Å²) in [4.78, 5) is 8.40. The summed E-state index contributed by atoms with van der Waals surface area (Å²) in [5, 5.41) is 18.2. The number of benzene rings is 1. The molecule has 0 saturated heterocycles. The molecule has 2 aliphatic rings. The zero-order chi connectivity index (χ0) is 30.4. The molecule has 222 valence electrons. The van der Waals surface area contributed by atoms with Gasteiger partial charge in [0.15, 0.2) is 5.54 Å². The highest BCUT2D eigenvalue weighted by atomic mass is 19.4. The van der Waals surface area contributed by atoms with Crippen LogP contribution in [0.25, 0.3) is 10.9 Å². The molecule has 0 radical (unpaired) electrons. The summed E-state index contributed by atoms with van der Waals surface area (Å²) < 4.78 is 61.2. The molecule has 1 aliphatic heterocycles. The maximum Gasteiger partial charge on any atom is 0.413 e. The van der Waals surface area contributed by atoms with Crippen LogP contribution in [0.1, 0.15) is 56.5 Å². The van der Waals surface area contributed by atoms with Crippen molar-refractivity contribution in [3.8, 4) is 11.8 Å². The van der Waals surface area contributed by atoms with Gasteiger partial charge in [0.2, 0.25) is 5.95 Å². The number of hydrogen-bond acceptors (Lipinski definition) is 9. The number of fused-ring (bicyclic) bond motifs is 1. The average molecular weight is 585 g/mol. The van der Waals surface area contributed by atoms with Gasteiger partial charge in [-0.25, -0.2) is 4.98 Å². The lowest BCUT2D eigenvalue weighted by Gasteiger charge is -2.28. The number of hydrogen-bond donors (Lipinski definition) is 4. The molecule has 0 amide bonds. The number of nitrogens with one attached hydrogen (secondary N) is 4. The minimum atomic E-state index is -4.43. The van der Waals surface area contributed by atoms with E-state index in [0.29, 0.717) is 57.1 Å². The van der Waals surface area contributed by atoms with E-state index in [9.17, 15) is 22.8 Å². The first-order chi connectivity index (χ1) is 19.8. The second-order valence-corrected chi connectivity index (χ2v) is 11.8. The van der Waals surface area contributed by atoms with E-state index in [-0.39, 0.29) is 18.3 Å². The highest BCUT2D eigenvalue weighted by Gasteiger charge is 2.67. The highest BCUT2D eigenvalue weighted by Crippen LogP contribution is 2.53. The number of ether oxygens (including phenoxy) is 1. The van der Waals surface area contributed by atoms with Crippen molar-refractivity contribution in [3.05, 3.63) is 65.1 Å². The summed E-state index contributed by atoms with van der Waals surface area (Å²) in [5.74, 6) is -0.248. The first-order valence-electron chi connectivity index (χ1n) is 13.4. The fraction of sp³-hybridized carbons (Fsp3) is 0.414. The molecule has 3 aromatic rings. The molecule has 5 rings (SSSR count). The van der Waals surface area contributed by atoms with Crippen molar-refractivity contribution in [2.75, 3.05) is 24.3 Å². The van der Waals surface area contributed by atoms with Gasteiger partial charge in [0.1, 0.15) is 17.3 Å². The Kier molecular flexibility index (Phi) is 7.30. The summed E-state index contributed by atoms with van der Waals surface area (Å²) >= 11 is 0. The SMILES string of the molecule is COc1cc(N[C@H](C2=CN(C3(C(F)(F)F)CC3)NN2)c2ccc(F)nc2C)cc2c(NCC(C)(C)C)c(C#N)cnc12. The van der Waals surface area contributed by atoms with Crippen LogP contribution in [0.5, 0.6) is 5.75 Å². The number of methoxy groups -OCH3 is 1. The topological polar surface area (TPSA) is 110 Å². The molecule has 0 unspecified atom stereocenters. The molecule has 2 aromatic heterocycles. The Balaban J connectivity index is 1.61. The largest absolute Gasteiger partial charge is 0.494 e. The van der Waals surface area contributed by atoms with Crippen molar-refractivity contribution >= 4 is 22.3 Å². The van der Waals surface area contributed by atoms with E-state index in [0.717, 1.165) is 5.01 Å². The van der Waals surface area contributed by atoms with E-state index < -0.39 is 23.7 Å². The number of pyridine rings is 2. The van der Waals surface area contributed by atoms with E-state index in [1.165, 1.54) is 25.6 Å². The van der Waals surface area contributed by atoms with E-state index in [1.54, 1.807) is 25.1 Å². The number of anilines is 2. The van der Waals surface area contributed by atoms with E-state index in [4.69, 9.17) is 4.74 Å². The zero-order valence-electron chi connectivity index (χ0n) is 23.9. The summed E-state index contributed by atoms with van der Waals surface area (Å²) in [6.45, 7) is 8.40. The van der Waals surface area contributed by atoms with Gasteiger partial charge in [-0.1, -0.05) is 26.8 Å². The monoisotopic (exact) mass is 584 g/mol. The number of alkyl halides is 3. The van der Waals surface area contributed by atoms with Crippen molar-refractivity contribution in [1.29, 1.82) is 5.26 Å². The number of aromatic nitrogens is 2. The first kappa shape index (κ1) is 29.2. The van der Waals surface area contributed by atoms with Gasteiger partial charge in [-0.3, -0.25) is 9.99 Å². The molecule has 13 heteroatoms. The van der Waals surface area contributed by atoms with Gasteiger partial charge in [-0.15, -0.1) is 5.53 Å². The van der Waals surface area contributed by atoms with Gasteiger partial charge in [0, 0.05) is 47.3 Å². The number of halogens is 4. The van der Waals surface area contributed by atoms with Gasteiger partial charge >= 0.3 is 6.18 Å². The standard InChI is InChI=1S/C29H32F4N8O/c1-16-19(6-7-23(30)37-16)25(21-14-41(40-39-21)28(8-9-28)29(31,32)33)38-18-10-20-24(36-15-27(2,3)4)17(12-34)13-35-26(20)22(11-18)42-5/h6-7,10-11,13-14,25,38-40H,8-9,15H2,1-5H3,(H,35,36)/t25-/m0/s1. The summed E-state index contributed by atoms with van der Waals surface area (Å²) in [7, 11) is 1.50. The lowest BCUT2D eigenvalue weighted by Crippen LogP contribution is -2.52. The summed E-state index contributed by atoms with van der Waals surface area (Å²) in [6.07, 6.45) is -1.64. The number of aryl methyl sites for hydroxylation is 1. The number of nitrogens with zero attached hydrogens (tertiary/aromatic N) is 4. The van der Waals surface area contributed by atoms with Gasteiger partial charge in [-0.2, -0.15) is 22.8 Å². The van der Waals surface area contributed by atoms with Crippen LogP contribution >= 0.6 is 0 Å². The normalized spacial score (nSPS) is 16.9. The fourth-order valence-corrected chi connectivity index (χ4v) is 4.96. The highest BCUT2D eigenvalue weighted by molar-refractivity contribution is 5.99. The van der Waals surface area contributed by atoms with Crippen LogP contribution in [0.4, 0.5) is 28.9 Å². The van der Waals surface area contributed by atoms with Gasteiger partial charge in [0.05, 0.1) is 30.1 Å². The molecule has 42 heavy (non-hydrogen) atoms. The molecule has 0 bridgehead atoms. The Morgan fingerprint density at radius 3 is 2.55 bits per heavy atom. The van der Waals surface area contributed by atoms with Crippen LogP contribution in [-0.4, -0.2) is 40.3 Å². The molecule has 1 saturated carbocycles. The Bertz CT molecular complexity index is 1590. The maximum absolute atomic E-state index is 14.0. The second kappa shape index (κ2) is 10.5. The molecule has 4 N–H and O–H groups in total. The summed E-state index contributed by atoms with van der Waals surface area (Å²) in [5.41, 5.74) is 6.70. The van der Waals surface area contributed by atoms with E-state index in [2.05, 4.69) is 58.4 Å². The first-order valence-corrected chi connectivity index (χ1v) is 13.4. The van der Waals surface area contributed by atoms with Crippen LogP contribution < -0.4 is 26.3 Å². The summed E-state index contributed by atoms with van der Waals surface area (Å²) in [6, 6.07) is 7.68. The predicted molar refractivity (Wildman–Crippen MR) is 150 cm³/mol. The van der Waals surface area contributed by atoms with Crippen molar-refractivity contribution < 1.29 is 22.3 Å². The quantitative estimate of drug-likeness (QED) is 0.192. The van der Waals surface area contributed by atoms with Crippen LogP contribution in [0.3, 0.4) is 0 Å². The Hall–Kier alpha value is -4.31. The molecule has 0 spiro atoms. The van der Waals surface area contributed by atoms with Crippen LogP contribution in [-0.2, 0) is 0 Å². The Morgan fingerprint density at radius 2 is 1.95 bits per heavy atom. The Labute approximate surface area is 240 Å². The zero-order valence-corrected chi connectivity index (χ0v) is 23.9.